The molecule has 0 aliphatic rings. The highest BCUT2D eigenvalue weighted by Gasteiger charge is 2.17. The minimum absolute atomic E-state index is 0.230. The van der Waals surface area contributed by atoms with Crippen molar-refractivity contribution in [2.24, 2.45) is 7.05 Å². The number of allylic oxidation sites excluding steroid dienone is 1. The third-order valence-corrected chi connectivity index (χ3v) is 5.39. The molecule has 0 bridgehead atoms. The summed E-state index contributed by atoms with van der Waals surface area (Å²) in [6.45, 7) is 0. The lowest BCUT2D eigenvalue weighted by Crippen LogP contribution is -2.09. The average Bonchev–Trinajstić information content (AvgIpc) is 3.25. The first kappa shape index (κ1) is 22.8. The van der Waals surface area contributed by atoms with Gasteiger partial charge in [0.05, 0.1) is 23.3 Å². The maximum absolute atomic E-state index is 12.5. The van der Waals surface area contributed by atoms with Crippen LogP contribution in [0.5, 0.6) is 11.5 Å². The van der Waals surface area contributed by atoms with Crippen molar-refractivity contribution in [1.29, 1.82) is 5.26 Å². The van der Waals surface area contributed by atoms with Gasteiger partial charge in [-0.2, -0.15) is 5.26 Å². The first-order chi connectivity index (χ1) is 16.5. The van der Waals surface area contributed by atoms with E-state index in [4.69, 9.17) is 21.1 Å². The highest BCUT2D eigenvalue weighted by Crippen LogP contribution is 2.31. The van der Waals surface area contributed by atoms with Gasteiger partial charge in [-0.05, 0) is 35.9 Å². The van der Waals surface area contributed by atoms with E-state index < -0.39 is 5.97 Å². The topological polar surface area (TPSA) is 90.0 Å². The molecule has 0 saturated carbocycles. The Labute approximate surface area is 201 Å². The van der Waals surface area contributed by atoms with Crippen molar-refractivity contribution in [3.05, 3.63) is 94.8 Å². The van der Waals surface area contributed by atoms with E-state index in [1.54, 1.807) is 60.2 Å². The lowest BCUT2D eigenvalue weighted by molar-refractivity contribution is 0.0730. The Morgan fingerprint density at radius 1 is 1.03 bits per heavy atom. The predicted octanol–water partition coefficient (Wildman–Crippen LogP) is 5.43. The highest BCUT2D eigenvalue weighted by atomic mass is 35.5. The van der Waals surface area contributed by atoms with Gasteiger partial charge in [-0.25, -0.2) is 4.79 Å². The fourth-order valence-electron chi connectivity index (χ4n) is 3.36. The van der Waals surface area contributed by atoms with Crippen LogP contribution in [0, 0.1) is 11.3 Å². The number of halogens is 1. The molecule has 4 aromatic rings. The van der Waals surface area contributed by atoms with E-state index >= 15 is 0 Å². The van der Waals surface area contributed by atoms with Crippen molar-refractivity contribution < 1.29 is 14.3 Å². The Bertz CT molecular complexity index is 1420. The summed E-state index contributed by atoms with van der Waals surface area (Å²) in [5, 5.41) is 18.5. The summed E-state index contributed by atoms with van der Waals surface area (Å²) in [4.78, 5) is 12.5. The molecule has 1 heterocycles. The molecule has 7 nitrogen and oxygen atoms in total. The summed E-state index contributed by atoms with van der Waals surface area (Å²) in [6.07, 6.45) is 1.67. The first-order valence-electron chi connectivity index (χ1n) is 10.2. The lowest BCUT2D eigenvalue weighted by atomic mass is 10.1. The normalized spacial score (nSPS) is 11.1. The van der Waals surface area contributed by atoms with E-state index in [-0.39, 0.29) is 11.3 Å². The number of esters is 1. The Balaban J connectivity index is 1.63. The van der Waals surface area contributed by atoms with Crippen molar-refractivity contribution in [3.8, 4) is 29.0 Å². The number of rotatable bonds is 6. The number of methoxy groups -OCH3 is 1. The second-order valence-electron chi connectivity index (χ2n) is 7.22. The van der Waals surface area contributed by atoms with Crippen LogP contribution < -0.4 is 9.47 Å². The zero-order valence-corrected chi connectivity index (χ0v) is 19.2. The third-order valence-electron chi connectivity index (χ3n) is 5.06. The Morgan fingerprint density at radius 2 is 1.76 bits per heavy atom. The number of hydrogen-bond donors (Lipinski definition) is 0. The van der Waals surface area contributed by atoms with Gasteiger partial charge in [-0.3, -0.25) is 0 Å². The molecular weight excluding hydrogens is 452 g/mol. The molecule has 3 aromatic carbocycles. The van der Waals surface area contributed by atoms with Crippen molar-refractivity contribution >= 4 is 29.2 Å². The van der Waals surface area contributed by atoms with Crippen molar-refractivity contribution in [2.75, 3.05) is 7.11 Å². The van der Waals surface area contributed by atoms with Crippen LogP contribution in [0.4, 0.5) is 0 Å². The zero-order chi connectivity index (χ0) is 24.1. The molecule has 1 aromatic heterocycles. The van der Waals surface area contributed by atoms with Crippen LogP contribution in [0.1, 0.15) is 21.7 Å². The first-order valence-corrected chi connectivity index (χ1v) is 10.6. The summed E-state index contributed by atoms with van der Waals surface area (Å²) in [6, 6.07) is 23.4. The van der Waals surface area contributed by atoms with Crippen LogP contribution in [0.2, 0.25) is 5.02 Å². The van der Waals surface area contributed by atoms with Gasteiger partial charge in [-0.1, -0.05) is 60.1 Å². The van der Waals surface area contributed by atoms with Gasteiger partial charge >= 0.3 is 5.97 Å². The smallest absolute Gasteiger partial charge is 0.345 e. The monoisotopic (exact) mass is 470 g/mol. The quantitative estimate of drug-likeness (QED) is 0.212. The number of aromatic nitrogens is 3. The van der Waals surface area contributed by atoms with Crippen molar-refractivity contribution in [2.45, 2.75) is 0 Å². The Kier molecular flexibility index (Phi) is 6.72. The number of carbonyl (C=O) groups excluding carboxylic acids is 1. The van der Waals surface area contributed by atoms with E-state index in [1.807, 2.05) is 30.3 Å². The number of nitrogens with zero attached hydrogens (tertiary/aromatic N) is 4. The molecule has 4 rings (SSSR count). The summed E-state index contributed by atoms with van der Waals surface area (Å²) < 4.78 is 12.7. The summed E-state index contributed by atoms with van der Waals surface area (Å²) in [5.74, 6) is 1.03. The summed E-state index contributed by atoms with van der Waals surface area (Å²) in [7, 11) is 3.27. The molecular formula is C26H19ClN4O3. The van der Waals surface area contributed by atoms with Crippen LogP contribution in [-0.4, -0.2) is 27.8 Å². The van der Waals surface area contributed by atoms with E-state index in [2.05, 4.69) is 16.3 Å². The molecule has 0 spiro atoms. The number of nitriles is 1. The fraction of sp³-hybridized carbons (Fsp3) is 0.0769. The molecule has 0 unspecified atom stereocenters. The maximum Gasteiger partial charge on any atom is 0.345 e. The largest absolute Gasteiger partial charge is 0.493 e. The lowest BCUT2D eigenvalue weighted by Gasteiger charge is -2.11. The standard InChI is InChI=1S/C26H19ClN4O3/c1-31-24(18-8-4-3-5-9-18)29-30-25(31)19(16-28)14-17-12-13-22(23(15-17)33-2)34-26(32)20-10-6-7-11-21(20)27/h3-15H,1-2H3/b19-14-. The predicted molar refractivity (Wildman–Crippen MR) is 129 cm³/mol. The molecule has 0 radical (unpaired) electrons. The minimum Gasteiger partial charge on any atom is -0.493 e. The maximum atomic E-state index is 12.5. The van der Waals surface area contributed by atoms with E-state index in [9.17, 15) is 10.1 Å². The average molecular weight is 471 g/mol. The highest BCUT2D eigenvalue weighted by molar-refractivity contribution is 6.33. The second-order valence-corrected chi connectivity index (χ2v) is 7.63. The Hall–Kier alpha value is -4.41. The van der Waals surface area contributed by atoms with Crippen LogP contribution in [0.15, 0.2) is 72.8 Å². The van der Waals surface area contributed by atoms with Crippen LogP contribution >= 0.6 is 11.6 Å². The molecule has 0 N–H and O–H groups in total. The fourth-order valence-corrected chi connectivity index (χ4v) is 3.57. The minimum atomic E-state index is -0.600. The van der Waals surface area contributed by atoms with Gasteiger partial charge in [0.25, 0.3) is 0 Å². The molecule has 0 aliphatic heterocycles. The second kappa shape index (κ2) is 10.0. The number of benzene rings is 3. The van der Waals surface area contributed by atoms with Gasteiger partial charge in [0.15, 0.2) is 23.1 Å². The molecule has 34 heavy (non-hydrogen) atoms. The van der Waals surface area contributed by atoms with Crippen molar-refractivity contribution in [3.63, 3.8) is 0 Å². The van der Waals surface area contributed by atoms with Crippen LogP contribution in [-0.2, 0) is 7.05 Å². The molecule has 0 amide bonds. The van der Waals surface area contributed by atoms with Gasteiger partial charge in [-0.15, -0.1) is 10.2 Å². The number of ether oxygens (including phenoxy) is 2. The Morgan fingerprint density at radius 3 is 2.47 bits per heavy atom. The van der Waals surface area contributed by atoms with Crippen LogP contribution in [0.3, 0.4) is 0 Å². The molecule has 168 valence electrons. The van der Waals surface area contributed by atoms with Crippen molar-refractivity contribution in [1.82, 2.24) is 14.8 Å². The van der Waals surface area contributed by atoms with E-state index in [0.29, 0.717) is 33.6 Å². The van der Waals surface area contributed by atoms with Gasteiger partial charge < -0.3 is 14.0 Å². The van der Waals surface area contributed by atoms with Gasteiger partial charge in [0.1, 0.15) is 6.07 Å². The molecule has 8 heteroatoms. The molecule has 0 saturated heterocycles. The molecule has 0 atom stereocenters. The van der Waals surface area contributed by atoms with E-state index in [1.165, 1.54) is 7.11 Å². The molecule has 0 fully saturated rings. The summed E-state index contributed by atoms with van der Waals surface area (Å²) >= 11 is 6.09. The third kappa shape index (κ3) is 4.68. The number of hydrogen-bond acceptors (Lipinski definition) is 6. The zero-order valence-electron chi connectivity index (χ0n) is 18.4. The summed E-state index contributed by atoms with van der Waals surface area (Å²) in [5.41, 5.74) is 2.13. The number of carbonyl (C=O) groups is 1. The van der Waals surface area contributed by atoms with Gasteiger partial charge in [0.2, 0.25) is 0 Å². The van der Waals surface area contributed by atoms with E-state index in [0.717, 1.165) is 5.56 Å². The SMILES string of the molecule is COc1cc(/C=C(/C#N)c2nnc(-c3ccccc3)n2C)ccc1OC(=O)c1ccccc1Cl. The van der Waals surface area contributed by atoms with Crippen LogP contribution in [0.25, 0.3) is 23.0 Å². The molecule has 0 aliphatic carbocycles. The van der Waals surface area contributed by atoms with Gasteiger partial charge in [0, 0.05) is 12.6 Å².